The number of nitrogens with one attached hydrogen (secondary N) is 1. The van der Waals surface area contributed by atoms with E-state index in [-0.39, 0.29) is 18.2 Å². The second-order valence-corrected chi connectivity index (χ2v) is 8.45. The van der Waals surface area contributed by atoms with E-state index in [1.54, 1.807) is 13.1 Å². The first-order valence-corrected chi connectivity index (χ1v) is 9.57. The Morgan fingerprint density at radius 1 is 1.35 bits per heavy atom. The Balaban J connectivity index is 2.01. The van der Waals surface area contributed by atoms with Crippen LogP contribution in [0.5, 0.6) is 0 Å². The normalized spacial score (nSPS) is 19.7. The Morgan fingerprint density at radius 2 is 2.00 bits per heavy atom. The highest BCUT2D eigenvalue weighted by atomic mass is 79.9. The number of hydrogen-bond donors (Lipinski definition) is 1. The second kappa shape index (κ2) is 6.98. The Morgan fingerprint density at radius 3 is 2.62 bits per heavy atom. The van der Waals surface area contributed by atoms with Gasteiger partial charge in [0.05, 0.1) is 24.2 Å². The van der Waals surface area contributed by atoms with Gasteiger partial charge in [-0.2, -0.15) is 0 Å². The van der Waals surface area contributed by atoms with Crippen LogP contribution in [0.25, 0.3) is 11.0 Å². The molecule has 1 unspecified atom stereocenters. The van der Waals surface area contributed by atoms with E-state index in [1.807, 2.05) is 40.0 Å². The van der Waals surface area contributed by atoms with Gasteiger partial charge in [-0.3, -0.25) is 4.79 Å². The van der Waals surface area contributed by atoms with Crippen molar-refractivity contribution >= 4 is 40.1 Å². The maximum absolute atomic E-state index is 12.3. The Hall–Kier alpha value is -1.38. The van der Waals surface area contributed by atoms with Crippen LogP contribution in [0.2, 0.25) is 0 Å². The molecule has 2 aromatic heterocycles. The van der Waals surface area contributed by atoms with E-state index >= 15 is 0 Å². The molecule has 0 amide bonds. The molecule has 6 nitrogen and oxygen atoms in total. The number of pyridine rings is 1. The third kappa shape index (κ3) is 3.55. The van der Waals surface area contributed by atoms with E-state index in [0.717, 1.165) is 21.1 Å². The van der Waals surface area contributed by atoms with E-state index in [0.29, 0.717) is 6.61 Å². The van der Waals surface area contributed by atoms with Crippen LogP contribution in [-0.2, 0) is 18.8 Å². The molecule has 0 spiro atoms. The molecule has 0 radical (unpaired) electrons. The second-order valence-electron chi connectivity index (χ2n) is 7.53. The molecule has 1 aliphatic heterocycles. The quantitative estimate of drug-likeness (QED) is 0.582. The van der Waals surface area contributed by atoms with Crippen molar-refractivity contribution < 1.29 is 18.8 Å². The third-order valence-corrected chi connectivity index (χ3v) is 5.65. The highest BCUT2D eigenvalue weighted by Gasteiger charge is 2.54. The van der Waals surface area contributed by atoms with Crippen LogP contribution in [-0.4, -0.2) is 40.9 Å². The number of hydrogen-bond acceptors (Lipinski definition) is 5. The van der Waals surface area contributed by atoms with Gasteiger partial charge in [0.15, 0.2) is 0 Å². The predicted octanol–water partition coefficient (Wildman–Crippen LogP) is 3.99. The number of carbonyl (C=O) groups excluding carboxylic acids is 1. The molecular weight excluding hydrogens is 399 g/mol. The van der Waals surface area contributed by atoms with Gasteiger partial charge in [0.25, 0.3) is 0 Å². The fourth-order valence-corrected chi connectivity index (χ4v) is 3.44. The predicted molar refractivity (Wildman–Crippen MR) is 104 cm³/mol. The first-order chi connectivity index (χ1) is 12.1. The summed E-state index contributed by atoms with van der Waals surface area (Å²) in [6.45, 7) is 10.2. The zero-order valence-corrected chi connectivity index (χ0v) is 17.3. The summed E-state index contributed by atoms with van der Waals surface area (Å²) in [4.78, 5) is 19.8. The van der Waals surface area contributed by atoms with Crippen molar-refractivity contribution in [1.29, 1.82) is 0 Å². The minimum Gasteiger partial charge on any atom is -0.466 e. The highest BCUT2D eigenvalue weighted by molar-refractivity contribution is 9.10. The van der Waals surface area contributed by atoms with Gasteiger partial charge < -0.3 is 19.0 Å². The molecule has 0 saturated carbocycles. The molecular formula is C18H24BBrN2O4. The van der Waals surface area contributed by atoms with Gasteiger partial charge in [0.2, 0.25) is 0 Å². The van der Waals surface area contributed by atoms with Gasteiger partial charge in [-0.05, 0) is 62.2 Å². The van der Waals surface area contributed by atoms with E-state index in [2.05, 4.69) is 25.9 Å². The van der Waals surface area contributed by atoms with Crippen LogP contribution < -0.4 is 0 Å². The minimum absolute atomic E-state index is 0.171. The summed E-state index contributed by atoms with van der Waals surface area (Å²) in [6.07, 6.45) is 3.78. The maximum Gasteiger partial charge on any atom is 0.466 e. The zero-order chi connectivity index (χ0) is 19.1. The zero-order valence-electron chi connectivity index (χ0n) is 15.8. The molecule has 1 saturated heterocycles. The maximum atomic E-state index is 12.3. The van der Waals surface area contributed by atoms with Gasteiger partial charge in [-0.1, -0.05) is 0 Å². The van der Waals surface area contributed by atoms with Gasteiger partial charge >= 0.3 is 13.1 Å². The number of fused-ring (bicyclic) bond motifs is 1. The number of ether oxygens (including phenoxy) is 1. The molecule has 8 heteroatoms. The molecule has 3 rings (SSSR count). The summed E-state index contributed by atoms with van der Waals surface area (Å²) >= 11 is 3.47. The number of rotatable bonds is 5. The highest BCUT2D eigenvalue weighted by Crippen LogP contribution is 2.43. The molecule has 2 aromatic rings. The summed E-state index contributed by atoms with van der Waals surface area (Å²) in [7, 11) is -0.553. The lowest BCUT2D eigenvalue weighted by atomic mass is 9.66. The molecule has 140 valence electrons. The van der Waals surface area contributed by atoms with Crippen LogP contribution in [0.15, 0.2) is 22.9 Å². The van der Waals surface area contributed by atoms with Crippen LogP contribution in [0.3, 0.4) is 0 Å². The molecule has 0 aromatic carbocycles. The van der Waals surface area contributed by atoms with Crippen molar-refractivity contribution in [3.05, 3.63) is 28.5 Å². The Labute approximate surface area is 162 Å². The molecule has 1 fully saturated rings. The molecule has 0 bridgehead atoms. The Kier molecular flexibility index (Phi) is 5.20. The van der Waals surface area contributed by atoms with Crippen LogP contribution in [0.1, 0.15) is 52.4 Å². The number of halogens is 1. The summed E-state index contributed by atoms with van der Waals surface area (Å²) in [5.74, 6) is -0.579. The number of nitrogens with zero attached hydrogens (tertiary/aromatic N) is 1. The standard InChI is InChI=1S/C18H24BBrN2O4/c1-6-24-15(23)8-14(19-25-17(2,3)18(4,5)26-19)13-10-22-16-12(13)7-11(20)9-21-16/h7,9-10,14H,6,8H2,1-5H3,(H,21,22). The first-order valence-electron chi connectivity index (χ1n) is 8.78. The van der Waals surface area contributed by atoms with Crippen molar-refractivity contribution in [2.75, 3.05) is 6.61 Å². The van der Waals surface area contributed by atoms with Crippen LogP contribution in [0, 0.1) is 0 Å². The number of carbonyl (C=O) groups is 1. The largest absolute Gasteiger partial charge is 0.466 e. The minimum atomic E-state index is -0.553. The number of H-pyrrole nitrogens is 1. The number of aromatic amines is 1. The molecule has 1 aliphatic rings. The van der Waals surface area contributed by atoms with Crippen LogP contribution >= 0.6 is 15.9 Å². The van der Waals surface area contributed by atoms with Gasteiger partial charge in [-0.25, -0.2) is 4.98 Å². The fourth-order valence-electron chi connectivity index (χ4n) is 3.11. The number of esters is 1. The van der Waals surface area contributed by atoms with E-state index in [1.165, 1.54) is 0 Å². The lowest BCUT2D eigenvalue weighted by Crippen LogP contribution is -2.41. The SMILES string of the molecule is CCOC(=O)CC(B1OC(C)(C)C(C)(C)O1)c1c[nH]c2ncc(Br)cc12. The smallest absolute Gasteiger partial charge is 0.466 e. The lowest BCUT2D eigenvalue weighted by molar-refractivity contribution is -0.143. The number of aromatic nitrogens is 2. The lowest BCUT2D eigenvalue weighted by Gasteiger charge is -2.32. The first kappa shape index (κ1) is 19.4. The van der Waals surface area contributed by atoms with Gasteiger partial charge in [-0.15, -0.1) is 0 Å². The molecule has 26 heavy (non-hydrogen) atoms. The molecule has 0 aliphatic carbocycles. The molecule has 1 atom stereocenters. The Bertz CT molecular complexity index is 805. The molecule has 3 heterocycles. The average molecular weight is 423 g/mol. The third-order valence-electron chi connectivity index (χ3n) is 5.22. The van der Waals surface area contributed by atoms with Crippen molar-refractivity contribution in [3.63, 3.8) is 0 Å². The van der Waals surface area contributed by atoms with Crippen molar-refractivity contribution in [1.82, 2.24) is 9.97 Å². The summed E-state index contributed by atoms with van der Waals surface area (Å²) in [5.41, 5.74) is 0.735. The van der Waals surface area contributed by atoms with Crippen molar-refractivity contribution in [2.45, 2.75) is 58.1 Å². The van der Waals surface area contributed by atoms with E-state index in [9.17, 15) is 4.79 Å². The van der Waals surface area contributed by atoms with Crippen LogP contribution in [0.4, 0.5) is 0 Å². The fraction of sp³-hybridized carbons (Fsp3) is 0.556. The summed E-state index contributed by atoms with van der Waals surface area (Å²) < 4.78 is 18.5. The topological polar surface area (TPSA) is 73.4 Å². The van der Waals surface area contributed by atoms with Gasteiger partial charge in [0.1, 0.15) is 5.65 Å². The van der Waals surface area contributed by atoms with E-state index < -0.39 is 18.3 Å². The monoisotopic (exact) mass is 422 g/mol. The summed E-state index contributed by atoms with van der Waals surface area (Å²) in [5, 5.41) is 0.934. The van der Waals surface area contributed by atoms with E-state index in [4.69, 9.17) is 14.0 Å². The van der Waals surface area contributed by atoms with Crippen molar-refractivity contribution in [2.24, 2.45) is 0 Å². The average Bonchev–Trinajstić information content (AvgIpc) is 3.03. The summed E-state index contributed by atoms with van der Waals surface area (Å²) in [6, 6.07) is 1.98. The molecule has 1 N–H and O–H groups in total. The van der Waals surface area contributed by atoms with Crippen molar-refractivity contribution in [3.8, 4) is 0 Å². The van der Waals surface area contributed by atoms with Gasteiger partial charge in [0, 0.05) is 28.1 Å².